The van der Waals surface area contributed by atoms with E-state index in [4.69, 9.17) is 5.73 Å². The van der Waals surface area contributed by atoms with Gasteiger partial charge in [-0.05, 0) is 12.5 Å². The Morgan fingerprint density at radius 1 is 1.47 bits per heavy atom. The molecule has 1 amide bonds. The maximum absolute atomic E-state index is 11.8. The van der Waals surface area contributed by atoms with Gasteiger partial charge in [0.1, 0.15) is 0 Å². The number of nitrogen functional groups attached to an aromatic ring is 1. The van der Waals surface area contributed by atoms with E-state index in [9.17, 15) is 4.79 Å². The number of nitrogens with zero attached hydrogens (tertiary/aromatic N) is 2. The van der Waals surface area contributed by atoms with Crippen molar-refractivity contribution >= 4 is 23.6 Å². The number of rotatable bonds is 5. The normalized spacial score (nSPS) is 12.1. The minimum Gasteiger partial charge on any atom is -0.368 e. The Hall–Kier alpha value is -2.02. The van der Waals surface area contributed by atoms with E-state index in [0.717, 1.165) is 5.56 Å². The fourth-order valence-corrected chi connectivity index (χ4v) is 2.18. The van der Waals surface area contributed by atoms with Crippen LogP contribution in [0, 0.1) is 0 Å². The average molecular weight is 277 g/mol. The first-order chi connectivity index (χ1) is 9.15. The molecule has 100 valence electrons. The van der Waals surface area contributed by atoms with Crippen LogP contribution in [0.4, 0.5) is 5.95 Å². The Kier molecular flexibility index (Phi) is 4.40. The van der Waals surface area contributed by atoms with Crippen LogP contribution in [0.5, 0.6) is 0 Å². The molecular formula is C12H15N5OS. The van der Waals surface area contributed by atoms with Crippen LogP contribution in [0.25, 0.3) is 0 Å². The first-order valence-electron chi connectivity index (χ1n) is 5.80. The summed E-state index contributed by atoms with van der Waals surface area (Å²) in [5.41, 5.74) is 6.47. The second kappa shape index (κ2) is 6.24. The Balaban J connectivity index is 1.81. The van der Waals surface area contributed by atoms with E-state index in [0.29, 0.717) is 5.16 Å². The van der Waals surface area contributed by atoms with Gasteiger partial charge >= 0.3 is 0 Å². The minimum absolute atomic E-state index is 0.0217. The van der Waals surface area contributed by atoms with Crippen molar-refractivity contribution < 1.29 is 4.79 Å². The molecule has 1 heterocycles. The van der Waals surface area contributed by atoms with E-state index in [1.165, 1.54) is 11.8 Å². The molecule has 0 aliphatic carbocycles. The Morgan fingerprint density at radius 3 is 2.84 bits per heavy atom. The van der Waals surface area contributed by atoms with Crippen LogP contribution in [0.15, 0.2) is 35.5 Å². The number of H-pyrrole nitrogens is 1. The van der Waals surface area contributed by atoms with E-state index >= 15 is 0 Å². The zero-order valence-electron chi connectivity index (χ0n) is 10.5. The number of anilines is 1. The second-order valence-corrected chi connectivity index (χ2v) is 4.93. The van der Waals surface area contributed by atoms with E-state index in [-0.39, 0.29) is 23.7 Å². The number of hydrogen-bond donors (Lipinski definition) is 3. The molecule has 0 saturated carbocycles. The van der Waals surface area contributed by atoms with Crippen LogP contribution >= 0.6 is 11.8 Å². The smallest absolute Gasteiger partial charge is 0.230 e. The van der Waals surface area contributed by atoms with Gasteiger partial charge in [-0.1, -0.05) is 42.1 Å². The number of hydrogen-bond acceptors (Lipinski definition) is 5. The molecule has 4 N–H and O–H groups in total. The summed E-state index contributed by atoms with van der Waals surface area (Å²) in [6.45, 7) is 1.95. The van der Waals surface area contributed by atoms with Crippen molar-refractivity contribution in [2.75, 3.05) is 11.5 Å². The molecule has 19 heavy (non-hydrogen) atoms. The molecule has 0 spiro atoms. The van der Waals surface area contributed by atoms with Gasteiger partial charge in [-0.25, -0.2) is 5.10 Å². The summed E-state index contributed by atoms with van der Waals surface area (Å²) in [5.74, 6) is 0.444. The van der Waals surface area contributed by atoms with E-state index in [1.54, 1.807) is 0 Å². The molecule has 0 aliphatic rings. The summed E-state index contributed by atoms with van der Waals surface area (Å²) in [7, 11) is 0. The first kappa shape index (κ1) is 13.4. The summed E-state index contributed by atoms with van der Waals surface area (Å²) in [6, 6.07) is 9.78. The first-order valence-corrected chi connectivity index (χ1v) is 6.78. The van der Waals surface area contributed by atoms with Gasteiger partial charge in [0, 0.05) is 0 Å². The predicted molar refractivity (Wildman–Crippen MR) is 74.5 cm³/mol. The van der Waals surface area contributed by atoms with Crippen molar-refractivity contribution in [2.45, 2.75) is 18.1 Å². The van der Waals surface area contributed by atoms with Crippen molar-refractivity contribution in [2.24, 2.45) is 0 Å². The van der Waals surface area contributed by atoms with Crippen molar-refractivity contribution in [3.8, 4) is 0 Å². The second-order valence-electron chi connectivity index (χ2n) is 3.99. The van der Waals surface area contributed by atoms with Crippen LogP contribution in [0.2, 0.25) is 0 Å². The van der Waals surface area contributed by atoms with Crippen molar-refractivity contribution in [1.82, 2.24) is 20.5 Å². The SMILES string of the molecule is C[C@H](NC(=O)CSc1n[nH]c(N)n1)c1ccccc1. The van der Waals surface area contributed by atoms with Crippen molar-refractivity contribution in [1.29, 1.82) is 0 Å². The Morgan fingerprint density at radius 2 is 2.21 bits per heavy atom. The number of aromatic amines is 1. The number of carbonyl (C=O) groups is 1. The third-order valence-electron chi connectivity index (χ3n) is 2.49. The lowest BCUT2D eigenvalue weighted by Gasteiger charge is -2.13. The lowest BCUT2D eigenvalue weighted by atomic mass is 10.1. The lowest BCUT2D eigenvalue weighted by Crippen LogP contribution is -2.28. The van der Waals surface area contributed by atoms with E-state index in [2.05, 4.69) is 20.5 Å². The number of benzene rings is 1. The average Bonchev–Trinajstić information content (AvgIpc) is 2.83. The number of aromatic nitrogens is 3. The quantitative estimate of drug-likeness (QED) is 0.717. The van der Waals surface area contributed by atoms with Gasteiger partial charge in [0.25, 0.3) is 0 Å². The summed E-state index contributed by atoms with van der Waals surface area (Å²) in [4.78, 5) is 15.7. The standard InChI is InChI=1S/C12H15N5OS/c1-8(9-5-3-2-4-6-9)14-10(18)7-19-12-15-11(13)16-17-12/h2-6,8H,7H2,1H3,(H,14,18)(H3,13,15,16,17)/t8-/m0/s1. The molecule has 0 unspecified atom stereocenters. The van der Waals surface area contributed by atoms with Gasteiger partial charge in [-0.2, -0.15) is 4.98 Å². The molecule has 1 aromatic heterocycles. The zero-order valence-corrected chi connectivity index (χ0v) is 11.3. The van der Waals surface area contributed by atoms with Crippen LogP contribution in [0.1, 0.15) is 18.5 Å². The maximum Gasteiger partial charge on any atom is 0.230 e. The highest BCUT2D eigenvalue weighted by Gasteiger charge is 2.10. The number of nitrogens with two attached hydrogens (primary N) is 1. The highest BCUT2D eigenvalue weighted by molar-refractivity contribution is 7.99. The molecule has 2 aromatic rings. The molecule has 7 heteroatoms. The predicted octanol–water partition coefficient (Wildman–Crippen LogP) is 1.36. The number of thioether (sulfide) groups is 1. The largest absolute Gasteiger partial charge is 0.368 e. The van der Waals surface area contributed by atoms with Crippen molar-refractivity contribution in [3.05, 3.63) is 35.9 Å². The summed E-state index contributed by atoms with van der Waals surface area (Å²) in [6.07, 6.45) is 0. The third kappa shape index (κ3) is 3.99. The molecular weight excluding hydrogens is 262 g/mol. The summed E-state index contributed by atoms with van der Waals surface area (Å²) < 4.78 is 0. The maximum atomic E-state index is 11.8. The van der Waals surface area contributed by atoms with Crippen LogP contribution in [-0.2, 0) is 4.79 Å². The van der Waals surface area contributed by atoms with Gasteiger partial charge in [-0.3, -0.25) is 4.79 Å². The van der Waals surface area contributed by atoms with Gasteiger partial charge in [-0.15, -0.1) is 5.10 Å². The van der Waals surface area contributed by atoms with Gasteiger partial charge in [0.05, 0.1) is 11.8 Å². The molecule has 6 nitrogen and oxygen atoms in total. The molecule has 1 aromatic carbocycles. The van der Waals surface area contributed by atoms with Crippen molar-refractivity contribution in [3.63, 3.8) is 0 Å². The van der Waals surface area contributed by atoms with E-state index < -0.39 is 0 Å². The molecule has 1 atom stereocenters. The monoisotopic (exact) mass is 277 g/mol. The summed E-state index contributed by atoms with van der Waals surface area (Å²) in [5, 5.41) is 9.76. The molecule has 0 aliphatic heterocycles. The molecule has 2 rings (SSSR count). The van der Waals surface area contributed by atoms with E-state index in [1.807, 2.05) is 37.3 Å². The molecule has 0 radical (unpaired) electrons. The number of carbonyl (C=O) groups excluding carboxylic acids is 1. The van der Waals surface area contributed by atoms with Crippen LogP contribution in [-0.4, -0.2) is 26.8 Å². The third-order valence-corrected chi connectivity index (χ3v) is 3.34. The van der Waals surface area contributed by atoms with Gasteiger partial charge < -0.3 is 11.1 Å². The number of amides is 1. The molecule has 0 fully saturated rings. The van der Waals surface area contributed by atoms with Gasteiger partial charge in [0.15, 0.2) is 0 Å². The fourth-order valence-electron chi connectivity index (χ4n) is 1.56. The minimum atomic E-state index is -0.0651. The summed E-state index contributed by atoms with van der Waals surface area (Å²) >= 11 is 1.24. The fraction of sp³-hybridized carbons (Fsp3) is 0.250. The zero-order chi connectivity index (χ0) is 13.7. The highest BCUT2D eigenvalue weighted by Crippen LogP contribution is 2.14. The Labute approximate surface area is 115 Å². The van der Waals surface area contributed by atoms with Crippen LogP contribution in [0.3, 0.4) is 0 Å². The molecule has 0 bridgehead atoms. The van der Waals surface area contributed by atoms with Crippen LogP contribution < -0.4 is 11.1 Å². The molecule has 0 saturated heterocycles. The number of nitrogens with one attached hydrogen (secondary N) is 2. The topological polar surface area (TPSA) is 96.7 Å². The Bertz CT molecular complexity index is 542. The van der Waals surface area contributed by atoms with Gasteiger partial charge in [0.2, 0.25) is 17.0 Å². The lowest BCUT2D eigenvalue weighted by molar-refractivity contribution is -0.119. The highest BCUT2D eigenvalue weighted by atomic mass is 32.2.